The van der Waals surface area contributed by atoms with Gasteiger partial charge in [-0.3, -0.25) is 9.59 Å². The van der Waals surface area contributed by atoms with Gasteiger partial charge in [0.25, 0.3) is 0 Å². The first-order valence-electron chi connectivity index (χ1n) is 13.0. The fourth-order valence-corrected chi connectivity index (χ4v) is 4.79. The maximum atomic E-state index is 13.6. The molecule has 35 heavy (non-hydrogen) atoms. The van der Waals surface area contributed by atoms with Gasteiger partial charge in [-0.1, -0.05) is 38.3 Å². The maximum Gasteiger partial charge on any atom is 0.242 e. The zero-order chi connectivity index (χ0) is 25.0. The molecule has 1 saturated carbocycles. The first-order chi connectivity index (χ1) is 17.0. The van der Waals surface area contributed by atoms with Crippen LogP contribution in [0.25, 0.3) is 0 Å². The number of carbonyl (C=O) groups excluding carboxylic acids is 2. The Morgan fingerprint density at radius 3 is 2.49 bits per heavy atom. The van der Waals surface area contributed by atoms with Gasteiger partial charge in [-0.25, -0.2) is 4.39 Å². The van der Waals surface area contributed by atoms with E-state index in [4.69, 9.17) is 4.74 Å². The fourth-order valence-electron chi connectivity index (χ4n) is 4.79. The van der Waals surface area contributed by atoms with E-state index in [1.165, 1.54) is 18.6 Å². The molecule has 1 aliphatic carbocycles. The van der Waals surface area contributed by atoms with Crippen LogP contribution < -0.4 is 0 Å². The van der Waals surface area contributed by atoms with Crippen molar-refractivity contribution in [3.8, 4) is 0 Å². The molecule has 0 radical (unpaired) electrons. The predicted molar refractivity (Wildman–Crippen MR) is 135 cm³/mol. The Kier molecular flexibility index (Phi) is 10.8. The van der Waals surface area contributed by atoms with Crippen molar-refractivity contribution in [3.05, 3.63) is 59.7 Å². The van der Waals surface area contributed by atoms with E-state index in [-0.39, 0.29) is 30.2 Å². The largest absolute Gasteiger partial charge is 0.382 e. The second-order valence-electron chi connectivity index (χ2n) is 9.29. The van der Waals surface area contributed by atoms with Gasteiger partial charge in [0.1, 0.15) is 5.82 Å². The van der Waals surface area contributed by atoms with Crippen LogP contribution in [0.15, 0.2) is 42.6 Å². The van der Waals surface area contributed by atoms with Crippen molar-refractivity contribution in [2.75, 3.05) is 26.3 Å². The Labute approximate surface area is 209 Å². The van der Waals surface area contributed by atoms with Crippen molar-refractivity contribution >= 4 is 11.8 Å². The van der Waals surface area contributed by atoms with E-state index in [9.17, 15) is 14.0 Å². The zero-order valence-corrected chi connectivity index (χ0v) is 21.3. The molecular formula is C28H40FN3O3. The van der Waals surface area contributed by atoms with Crippen LogP contribution in [0.1, 0.15) is 70.1 Å². The lowest BCUT2D eigenvalue weighted by molar-refractivity contribution is -0.143. The lowest BCUT2D eigenvalue weighted by Gasteiger charge is -2.36. The number of aromatic nitrogens is 1. The Bertz CT molecular complexity index is 922. The molecule has 1 aromatic carbocycles. The molecule has 7 heteroatoms. The number of halogens is 1. The van der Waals surface area contributed by atoms with E-state index in [1.54, 1.807) is 17.0 Å². The van der Waals surface area contributed by atoms with Crippen LogP contribution in [-0.4, -0.2) is 58.5 Å². The number of nitrogens with zero attached hydrogens (tertiary/aromatic N) is 3. The average molecular weight is 486 g/mol. The lowest BCUT2D eigenvalue weighted by atomic mass is 9.94. The molecule has 0 spiro atoms. The Balaban J connectivity index is 1.74. The third-order valence-electron chi connectivity index (χ3n) is 6.76. The third-order valence-corrected chi connectivity index (χ3v) is 6.76. The number of carbonyl (C=O) groups is 2. The number of ether oxygens (including phenoxy) is 1. The van der Waals surface area contributed by atoms with Gasteiger partial charge in [-0.15, -0.1) is 0 Å². The summed E-state index contributed by atoms with van der Waals surface area (Å²) in [5.41, 5.74) is 2.05. The minimum Gasteiger partial charge on any atom is -0.382 e. The summed E-state index contributed by atoms with van der Waals surface area (Å²) in [5, 5.41) is 0. The highest BCUT2D eigenvalue weighted by Gasteiger charge is 2.28. The van der Waals surface area contributed by atoms with Gasteiger partial charge < -0.3 is 19.1 Å². The fraction of sp³-hybridized carbons (Fsp3) is 0.571. The first-order valence-corrected chi connectivity index (χ1v) is 13.0. The molecule has 0 aliphatic heterocycles. The number of rotatable bonds is 13. The molecule has 1 fully saturated rings. The van der Waals surface area contributed by atoms with E-state index < -0.39 is 0 Å². The Morgan fingerprint density at radius 1 is 1.06 bits per heavy atom. The van der Waals surface area contributed by atoms with E-state index in [0.717, 1.165) is 43.4 Å². The van der Waals surface area contributed by atoms with Gasteiger partial charge in [0.05, 0.1) is 13.1 Å². The van der Waals surface area contributed by atoms with Crippen molar-refractivity contribution in [1.29, 1.82) is 0 Å². The van der Waals surface area contributed by atoms with Crippen LogP contribution in [0.3, 0.4) is 0 Å². The van der Waals surface area contributed by atoms with Gasteiger partial charge in [-0.2, -0.15) is 0 Å². The van der Waals surface area contributed by atoms with Gasteiger partial charge in [0.2, 0.25) is 11.8 Å². The molecule has 0 unspecified atom stereocenters. The van der Waals surface area contributed by atoms with Crippen LogP contribution >= 0.6 is 0 Å². The first kappa shape index (κ1) is 26.9. The summed E-state index contributed by atoms with van der Waals surface area (Å²) < 4.78 is 20.9. The van der Waals surface area contributed by atoms with Crippen LogP contribution in [-0.2, 0) is 27.4 Å². The highest BCUT2D eigenvalue weighted by Crippen LogP contribution is 2.25. The predicted octanol–water partition coefficient (Wildman–Crippen LogP) is 5.00. The summed E-state index contributed by atoms with van der Waals surface area (Å²) in [6.45, 7) is 6.77. The molecule has 1 heterocycles. The molecule has 1 aromatic heterocycles. The van der Waals surface area contributed by atoms with Gasteiger partial charge in [0.15, 0.2) is 0 Å². The van der Waals surface area contributed by atoms with Crippen LogP contribution in [0.5, 0.6) is 0 Å². The van der Waals surface area contributed by atoms with Crippen LogP contribution in [0.4, 0.5) is 4.39 Å². The van der Waals surface area contributed by atoms with Crippen molar-refractivity contribution in [1.82, 2.24) is 14.4 Å². The maximum absolute atomic E-state index is 13.6. The molecule has 2 aromatic rings. The van der Waals surface area contributed by atoms with Gasteiger partial charge in [-0.05, 0) is 56.0 Å². The third kappa shape index (κ3) is 8.20. The summed E-state index contributed by atoms with van der Waals surface area (Å²) in [6.07, 6.45) is 8.55. The Morgan fingerprint density at radius 2 is 1.80 bits per heavy atom. The van der Waals surface area contributed by atoms with Gasteiger partial charge >= 0.3 is 0 Å². The summed E-state index contributed by atoms with van der Waals surface area (Å²) in [6, 6.07) is 10.8. The summed E-state index contributed by atoms with van der Waals surface area (Å²) >= 11 is 0. The second kappa shape index (κ2) is 14.0. The van der Waals surface area contributed by atoms with E-state index in [2.05, 4.69) is 4.57 Å². The highest BCUT2D eigenvalue weighted by molar-refractivity contribution is 5.85. The highest BCUT2D eigenvalue weighted by atomic mass is 19.1. The molecule has 0 bridgehead atoms. The number of amides is 2. The van der Waals surface area contributed by atoms with E-state index >= 15 is 0 Å². The topological polar surface area (TPSA) is 54.8 Å². The van der Waals surface area contributed by atoms with Crippen molar-refractivity contribution in [3.63, 3.8) is 0 Å². The average Bonchev–Trinajstić information content (AvgIpc) is 3.32. The standard InChI is InChI=1S/C28H40FN3O3/c1-3-27(33)31(18-9-19-35-4-2)22-28(34)32(25-10-6-5-7-11-25)21-26-12-8-17-30(26)20-23-13-15-24(29)16-14-23/h8,12-17,25H,3-7,9-11,18-22H2,1-2H3. The van der Waals surface area contributed by atoms with Crippen LogP contribution in [0.2, 0.25) is 0 Å². The summed E-state index contributed by atoms with van der Waals surface area (Å²) in [5.74, 6) is -0.245. The zero-order valence-electron chi connectivity index (χ0n) is 21.3. The summed E-state index contributed by atoms with van der Waals surface area (Å²) in [7, 11) is 0. The van der Waals surface area contributed by atoms with Crippen molar-refractivity contribution in [2.24, 2.45) is 0 Å². The van der Waals surface area contributed by atoms with Crippen molar-refractivity contribution < 1.29 is 18.7 Å². The molecule has 0 saturated heterocycles. The number of hydrogen-bond acceptors (Lipinski definition) is 3. The molecule has 0 atom stereocenters. The van der Waals surface area contributed by atoms with E-state index in [1.807, 2.05) is 37.1 Å². The quantitative estimate of drug-likeness (QED) is 0.375. The SMILES string of the molecule is CCOCCCN(CC(=O)N(Cc1cccn1Cc1ccc(F)cc1)C1CCCCC1)C(=O)CC. The smallest absolute Gasteiger partial charge is 0.242 e. The second-order valence-corrected chi connectivity index (χ2v) is 9.29. The molecule has 3 rings (SSSR count). The molecular weight excluding hydrogens is 445 g/mol. The van der Waals surface area contributed by atoms with Crippen molar-refractivity contribution in [2.45, 2.75) is 77.9 Å². The molecule has 0 N–H and O–H groups in total. The molecule has 192 valence electrons. The minimum absolute atomic E-state index is 0.00173. The monoisotopic (exact) mass is 485 g/mol. The van der Waals surface area contributed by atoms with Crippen LogP contribution in [0, 0.1) is 5.82 Å². The number of benzene rings is 1. The molecule has 6 nitrogen and oxygen atoms in total. The molecule has 2 amide bonds. The molecule has 1 aliphatic rings. The minimum atomic E-state index is -0.247. The lowest BCUT2D eigenvalue weighted by Crippen LogP contribution is -2.47. The van der Waals surface area contributed by atoms with Gasteiger partial charge in [0, 0.05) is 50.7 Å². The summed E-state index contributed by atoms with van der Waals surface area (Å²) in [4.78, 5) is 29.9. The number of hydrogen-bond donors (Lipinski definition) is 0. The Hall–Kier alpha value is -2.67. The normalized spacial score (nSPS) is 14.1. The van der Waals surface area contributed by atoms with E-state index in [0.29, 0.717) is 39.3 Å².